The van der Waals surface area contributed by atoms with Crippen molar-refractivity contribution in [3.8, 4) is 0 Å². The van der Waals surface area contributed by atoms with Gasteiger partial charge in [-0.1, -0.05) is 20.8 Å². The Kier molecular flexibility index (Phi) is 2.85. The molecule has 0 amide bonds. The third-order valence-corrected chi connectivity index (χ3v) is 5.00. The van der Waals surface area contributed by atoms with E-state index in [2.05, 4.69) is 26.1 Å². The summed E-state index contributed by atoms with van der Waals surface area (Å²) in [7, 11) is 0. The minimum absolute atomic E-state index is 0.488. The second-order valence-electron chi connectivity index (χ2n) is 6.44. The van der Waals surface area contributed by atoms with Crippen LogP contribution in [0.1, 0.15) is 46.5 Å². The van der Waals surface area contributed by atoms with Crippen LogP contribution in [0.25, 0.3) is 0 Å². The number of nitrogens with two attached hydrogens (primary N) is 1. The maximum atomic E-state index is 5.55. The van der Waals surface area contributed by atoms with Gasteiger partial charge in [-0.3, -0.25) is 0 Å². The van der Waals surface area contributed by atoms with Crippen LogP contribution in [0.3, 0.4) is 0 Å². The van der Waals surface area contributed by atoms with Crippen LogP contribution in [0.5, 0.6) is 0 Å². The molecule has 0 aromatic heterocycles. The lowest BCUT2D eigenvalue weighted by Gasteiger charge is -2.43. The van der Waals surface area contributed by atoms with Gasteiger partial charge >= 0.3 is 0 Å². The van der Waals surface area contributed by atoms with E-state index < -0.39 is 0 Å². The molecule has 0 saturated heterocycles. The van der Waals surface area contributed by atoms with Crippen molar-refractivity contribution in [2.75, 3.05) is 13.1 Å². The highest BCUT2D eigenvalue weighted by molar-refractivity contribution is 5.11. The van der Waals surface area contributed by atoms with Crippen LogP contribution in [0.15, 0.2) is 0 Å². The summed E-state index contributed by atoms with van der Waals surface area (Å²) in [5, 5.41) is 3.76. The number of hydrogen-bond acceptors (Lipinski definition) is 2. The Morgan fingerprint density at radius 3 is 2.60 bits per heavy atom. The quantitative estimate of drug-likeness (QED) is 0.698. The van der Waals surface area contributed by atoms with Gasteiger partial charge in [0.1, 0.15) is 0 Å². The number of hydrogen-bond donors (Lipinski definition) is 2. The summed E-state index contributed by atoms with van der Waals surface area (Å²) in [5.74, 6) is 0.942. The minimum atomic E-state index is 0.488. The van der Waals surface area contributed by atoms with Crippen molar-refractivity contribution in [3.63, 3.8) is 0 Å². The molecule has 3 atom stereocenters. The fourth-order valence-electron chi connectivity index (χ4n) is 4.16. The van der Waals surface area contributed by atoms with Gasteiger partial charge in [0.15, 0.2) is 0 Å². The predicted octanol–water partition coefficient (Wildman–Crippen LogP) is 2.14. The third kappa shape index (κ3) is 1.72. The highest BCUT2D eigenvalue weighted by Crippen LogP contribution is 2.62. The fraction of sp³-hybridized carbons (Fsp3) is 1.00. The van der Waals surface area contributed by atoms with Crippen molar-refractivity contribution in [2.24, 2.45) is 22.5 Å². The van der Waals surface area contributed by atoms with Crippen LogP contribution in [-0.2, 0) is 0 Å². The summed E-state index contributed by atoms with van der Waals surface area (Å²) in [6.07, 6.45) is 5.40. The maximum Gasteiger partial charge on any atom is 0.0175 e. The molecule has 3 N–H and O–H groups in total. The largest absolute Gasteiger partial charge is 0.330 e. The molecule has 0 aromatic rings. The predicted molar refractivity (Wildman–Crippen MR) is 64.7 cm³/mol. The van der Waals surface area contributed by atoms with Gasteiger partial charge in [-0.25, -0.2) is 0 Å². The van der Waals surface area contributed by atoms with Crippen molar-refractivity contribution < 1.29 is 0 Å². The molecule has 2 aliphatic carbocycles. The monoisotopic (exact) mass is 210 g/mol. The second kappa shape index (κ2) is 3.74. The smallest absolute Gasteiger partial charge is 0.0175 e. The average Bonchev–Trinajstić information content (AvgIpc) is 2.62. The van der Waals surface area contributed by atoms with Gasteiger partial charge in [-0.05, 0) is 55.5 Å². The Labute approximate surface area is 94.0 Å². The first-order chi connectivity index (χ1) is 7.00. The Hall–Kier alpha value is -0.0800. The van der Waals surface area contributed by atoms with Gasteiger partial charge in [0, 0.05) is 6.04 Å². The summed E-state index contributed by atoms with van der Waals surface area (Å²) in [6, 6.07) is 0.704. The lowest BCUT2D eigenvalue weighted by molar-refractivity contribution is 0.109. The van der Waals surface area contributed by atoms with E-state index in [9.17, 15) is 0 Å². The van der Waals surface area contributed by atoms with Crippen LogP contribution >= 0.6 is 0 Å². The summed E-state index contributed by atoms with van der Waals surface area (Å²) in [6.45, 7) is 9.26. The zero-order chi connectivity index (χ0) is 11.1. The molecule has 2 bridgehead atoms. The molecule has 2 nitrogen and oxygen atoms in total. The van der Waals surface area contributed by atoms with E-state index in [1.165, 1.54) is 19.3 Å². The molecule has 88 valence electrons. The topological polar surface area (TPSA) is 38.0 Å². The Bertz CT molecular complexity index is 232. The molecule has 2 heteroatoms. The fourth-order valence-corrected chi connectivity index (χ4v) is 4.16. The lowest BCUT2D eigenvalue weighted by Crippen LogP contribution is -2.50. The van der Waals surface area contributed by atoms with Gasteiger partial charge in [0.25, 0.3) is 0 Å². The summed E-state index contributed by atoms with van der Waals surface area (Å²) in [5.41, 5.74) is 6.60. The lowest BCUT2D eigenvalue weighted by atomic mass is 9.68. The highest BCUT2D eigenvalue weighted by atomic mass is 15.0. The van der Waals surface area contributed by atoms with Gasteiger partial charge in [0.05, 0.1) is 0 Å². The van der Waals surface area contributed by atoms with E-state index in [0.29, 0.717) is 16.9 Å². The summed E-state index contributed by atoms with van der Waals surface area (Å²) in [4.78, 5) is 0. The molecule has 0 aromatic carbocycles. The highest BCUT2D eigenvalue weighted by Gasteiger charge is 2.58. The van der Waals surface area contributed by atoms with Crippen LogP contribution in [-0.4, -0.2) is 19.1 Å². The Morgan fingerprint density at radius 1 is 1.33 bits per heavy atom. The van der Waals surface area contributed by atoms with Crippen molar-refractivity contribution >= 4 is 0 Å². The SMILES string of the molecule is CC1(C)C(NCCCN)[C@]2(C)CC[C@H]1C2. The van der Waals surface area contributed by atoms with E-state index in [-0.39, 0.29) is 0 Å². The van der Waals surface area contributed by atoms with E-state index in [0.717, 1.165) is 25.4 Å². The second-order valence-corrected chi connectivity index (χ2v) is 6.44. The molecule has 15 heavy (non-hydrogen) atoms. The molecular formula is C13H26N2. The molecule has 0 heterocycles. The average molecular weight is 210 g/mol. The molecule has 0 spiro atoms. The van der Waals surface area contributed by atoms with E-state index >= 15 is 0 Å². The summed E-state index contributed by atoms with van der Waals surface area (Å²) < 4.78 is 0. The molecule has 2 aliphatic rings. The number of fused-ring (bicyclic) bond motifs is 2. The molecule has 2 rings (SSSR count). The third-order valence-electron chi connectivity index (χ3n) is 5.00. The summed E-state index contributed by atoms with van der Waals surface area (Å²) >= 11 is 0. The zero-order valence-electron chi connectivity index (χ0n) is 10.5. The standard InChI is InChI=1S/C13H26N2/c1-12(2)10-5-6-13(3,9-10)11(12)15-8-4-7-14/h10-11,15H,4-9,14H2,1-3H3/t10-,11?,13+/m0/s1. The van der Waals surface area contributed by atoms with Crippen molar-refractivity contribution in [2.45, 2.75) is 52.5 Å². The molecule has 1 unspecified atom stereocenters. The maximum absolute atomic E-state index is 5.55. The number of rotatable bonds is 4. The first-order valence-corrected chi connectivity index (χ1v) is 6.44. The van der Waals surface area contributed by atoms with Gasteiger partial charge in [0.2, 0.25) is 0 Å². The van der Waals surface area contributed by atoms with Gasteiger partial charge in [-0.2, -0.15) is 0 Å². The normalized spacial score (nSPS) is 42.4. The molecule has 2 saturated carbocycles. The first-order valence-electron chi connectivity index (χ1n) is 6.44. The van der Waals surface area contributed by atoms with Crippen molar-refractivity contribution in [3.05, 3.63) is 0 Å². The van der Waals surface area contributed by atoms with Crippen molar-refractivity contribution in [1.82, 2.24) is 5.32 Å². The zero-order valence-corrected chi connectivity index (χ0v) is 10.5. The van der Waals surface area contributed by atoms with Gasteiger partial charge < -0.3 is 11.1 Å². The number of nitrogens with one attached hydrogen (secondary N) is 1. The van der Waals surface area contributed by atoms with Crippen LogP contribution < -0.4 is 11.1 Å². The van der Waals surface area contributed by atoms with E-state index in [1.54, 1.807) is 0 Å². The Balaban J connectivity index is 2.02. The van der Waals surface area contributed by atoms with Crippen LogP contribution in [0, 0.1) is 16.7 Å². The van der Waals surface area contributed by atoms with Gasteiger partial charge in [-0.15, -0.1) is 0 Å². The molecule has 0 aliphatic heterocycles. The van der Waals surface area contributed by atoms with Crippen LogP contribution in [0.4, 0.5) is 0 Å². The van der Waals surface area contributed by atoms with Crippen LogP contribution in [0.2, 0.25) is 0 Å². The Morgan fingerprint density at radius 2 is 2.07 bits per heavy atom. The molecule has 0 radical (unpaired) electrons. The first kappa shape index (κ1) is 11.4. The van der Waals surface area contributed by atoms with Crippen molar-refractivity contribution in [1.29, 1.82) is 0 Å². The van der Waals surface area contributed by atoms with E-state index in [4.69, 9.17) is 5.73 Å². The molecule has 2 fully saturated rings. The minimum Gasteiger partial charge on any atom is -0.330 e. The molecular weight excluding hydrogens is 184 g/mol. The van der Waals surface area contributed by atoms with E-state index in [1.807, 2.05) is 0 Å².